The molecule has 0 radical (unpaired) electrons. The van der Waals surface area contributed by atoms with Crippen molar-refractivity contribution in [3.8, 4) is 5.75 Å². The van der Waals surface area contributed by atoms with Gasteiger partial charge in [0.1, 0.15) is 5.75 Å². The fraction of sp³-hybridized carbons (Fsp3) is 0.294. The number of aryl methyl sites for hydroxylation is 1. The minimum Gasteiger partial charge on any atom is -0.497 e. The molecule has 2 aromatic carbocycles. The van der Waals surface area contributed by atoms with Crippen LogP contribution in [0.2, 0.25) is 0 Å². The third-order valence-electron chi connectivity index (χ3n) is 4.01. The maximum atomic E-state index is 6.55. The second-order valence-electron chi connectivity index (χ2n) is 5.20. The molecule has 0 spiro atoms. The number of methoxy groups -OCH3 is 1. The second kappa shape index (κ2) is 5.51. The Labute approximate surface area is 124 Å². The third kappa shape index (κ3) is 2.32. The number of benzene rings is 2. The Hall–Kier alpha value is -1.45. The Morgan fingerprint density at radius 2 is 2.05 bits per heavy atom. The van der Waals surface area contributed by atoms with Crippen LogP contribution in [0.5, 0.6) is 5.75 Å². The fourth-order valence-corrected chi connectivity index (χ4v) is 4.16. The van der Waals surface area contributed by atoms with Gasteiger partial charge >= 0.3 is 0 Å². The molecular formula is C17H19NOS. The minimum absolute atomic E-state index is 0.0389. The highest BCUT2D eigenvalue weighted by Crippen LogP contribution is 2.45. The Balaban J connectivity index is 1.92. The molecule has 3 rings (SSSR count). The maximum absolute atomic E-state index is 6.55. The first-order valence-electron chi connectivity index (χ1n) is 6.82. The van der Waals surface area contributed by atoms with E-state index in [-0.39, 0.29) is 6.04 Å². The molecule has 0 fully saturated rings. The van der Waals surface area contributed by atoms with Crippen molar-refractivity contribution in [1.29, 1.82) is 0 Å². The zero-order chi connectivity index (χ0) is 14.1. The van der Waals surface area contributed by atoms with Crippen molar-refractivity contribution in [3.05, 3.63) is 59.2 Å². The van der Waals surface area contributed by atoms with Crippen molar-refractivity contribution >= 4 is 11.8 Å². The summed E-state index contributed by atoms with van der Waals surface area (Å²) in [5.41, 5.74) is 10.4. The second-order valence-corrected chi connectivity index (χ2v) is 6.27. The summed E-state index contributed by atoms with van der Waals surface area (Å²) in [4.78, 5) is 1.37. The average Bonchev–Trinajstić information content (AvgIpc) is 2.90. The maximum Gasteiger partial charge on any atom is 0.119 e. The molecule has 2 nitrogen and oxygen atoms in total. The zero-order valence-electron chi connectivity index (χ0n) is 11.8. The normalized spacial score (nSPS) is 18.6. The van der Waals surface area contributed by atoms with Crippen molar-refractivity contribution in [2.75, 3.05) is 12.9 Å². The van der Waals surface area contributed by atoms with Gasteiger partial charge in [0.15, 0.2) is 0 Å². The van der Waals surface area contributed by atoms with Gasteiger partial charge in [-0.05, 0) is 41.8 Å². The predicted molar refractivity (Wildman–Crippen MR) is 84.6 cm³/mol. The van der Waals surface area contributed by atoms with Crippen LogP contribution in [0.1, 0.15) is 28.7 Å². The van der Waals surface area contributed by atoms with Gasteiger partial charge in [0.2, 0.25) is 0 Å². The number of ether oxygens (including phenoxy) is 1. The Bertz CT molecular complexity index is 626. The van der Waals surface area contributed by atoms with Gasteiger partial charge in [-0.2, -0.15) is 0 Å². The molecule has 1 heterocycles. The van der Waals surface area contributed by atoms with E-state index in [1.54, 1.807) is 7.11 Å². The highest BCUT2D eigenvalue weighted by Gasteiger charge is 2.29. The number of fused-ring (bicyclic) bond motifs is 1. The van der Waals surface area contributed by atoms with Crippen LogP contribution in [0.4, 0.5) is 0 Å². The molecule has 0 aromatic heterocycles. The predicted octanol–water partition coefficient (Wildman–Crippen LogP) is 3.89. The molecular weight excluding hydrogens is 266 g/mol. The van der Waals surface area contributed by atoms with Crippen LogP contribution in [0.25, 0.3) is 0 Å². The van der Waals surface area contributed by atoms with Gasteiger partial charge in [0.05, 0.1) is 7.11 Å². The highest BCUT2D eigenvalue weighted by atomic mass is 32.2. The van der Waals surface area contributed by atoms with Gasteiger partial charge in [-0.25, -0.2) is 0 Å². The summed E-state index contributed by atoms with van der Waals surface area (Å²) < 4.78 is 5.27. The topological polar surface area (TPSA) is 35.2 Å². The first kappa shape index (κ1) is 13.5. The number of thioether (sulfide) groups is 1. The molecule has 2 unspecified atom stereocenters. The van der Waals surface area contributed by atoms with Crippen molar-refractivity contribution < 1.29 is 4.74 Å². The molecule has 3 heteroatoms. The molecule has 104 valence electrons. The molecule has 1 aliphatic rings. The van der Waals surface area contributed by atoms with E-state index >= 15 is 0 Å². The standard InChI is InChI=1S/C17H19NOS/c1-11-9-12(19-2)7-8-13(11)17(18)15-10-20-16-6-4-3-5-14(15)16/h3-9,15,17H,10,18H2,1-2H3. The monoisotopic (exact) mass is 285 g/mol. The molecule has 20 heavy (non-hydrogen) atoms. The summed E-state index contributed by atoms with van der Waals surface area (Å²) in [6.45, 7) is 2.10. The van der Waals surface area contributed by atoms with E-state index in [1.165, 1.54) is 21.6 Å². The molecule has 0 bridgehead atoms. The minimum atomic E-state index is 0.0389. The van der Waals surface area contributed by atoms with Crippen LogP contribution >= 0.6 is 11.8 Å². The summed E-state index contributed by atoms with van der Waals surface area (Å²) >= 11 is 1.91. The van der Waals surface area contributed by atoms with Gasteiger partial charge in [0.25, 0.3) is 0 Å². The highest BCUT2D eigenvalue weighted by molar-refractivity contribution is 7.99. The molecule has 0 amide bonds. The Kier molecular flexibility index (Phi) is 3.72. The van der Waals surface area contributed by atoms with Crippen molar-refractivity contribution in [2.24, 2.45) is 5.73 Å². The van der Waals surface area contributed by atoms with Crippen LogP contribution in [0.15, 0.2) is 47.4 Å². The summed E-state index contributed by atoms with van der Waals surface area (Å²) in [7, 11) is 1.69. The zero-order valence-corrected chi connectivity index (χ0v) is 12.6. The summed E-state index contributed by atoms with van der Waals surface area (Å²) in [5.74, 6) is 2.34. The van der Waals surface area contributed by atoms with Gasteiger partial charge in [-0.15, -0.1) is 11.8 Å². The molecule has 0 aliphatic carbocycles. The Morgan fingerprint density at radius 3 is 2.80 bits per heavy atom. The first-order chi connectivity index (χ1) is 9.70. The lowest BCUT2D eigenvalue weighted by Crippen LogP contribution is -2.20. The van der Waals surface area contributed by atoms with Gasteiger partial charge < -0.3 is 10.5 Å². The number of hydrogen-bond acceptors (Lipinski definition) is 3. The van der Waals surface area contributed by atoms with E-state index in [1.807, 2.05) is 17.8 Å². The SMILES string of the molecule is COc1ccc(C(N)C2CSc3ccccc32)c(C)c1. The van der Waals surface area contributed by atoms with E-state index in [9.17, 15) is 0 Å². The lowest BCUT2D eigenvalue weighted by atomic mass is 9.87. The van der Waals surface area contributed by atoms with Gasteiger partial charge in [-0.3, -0.25) is 0 Å². The lowest BCUT2D eigenvalue weighted by molar-refractivity contribution is 0.414. The van der Waals surface area contributed by atoms with E-state index in [0.29, 0.717) is 5.92 Å². The van der Waals surface area contributed by atoms with E-state index in [4.69, 9.17) is 10.5 Å². The quantitative estimate of drug-likeness (QED) is 0.929. The Morgan fingerprint density at radius 1 is 1.25 bits per heavy atom. The molecule has 2 N–H and O–H groups in total. The van der Waals surface area contributed by atoms with E-state index < -0.39 is 0 Å². The molecule has 0 saturated carbocycles. The summed E-state index contributed by atoms with van der Waals surface area (Å²) in [5, 5.41) is 0. The lowest BCUT2D eigenvalue weighted by Gasteiger charge is -2.22. The van der Waals surface area contributed by atoms with Crippen molar-refractivity contribution in [1.82, 2.24) is 0 Å². The number of nitrogens with two attached hydrogens (primary N) is 1. The van der Waals surface area contributed by atoms with Crippen LogP contribution in [-0.4, -0.2) is 12.9 Å². The number of hydrogen-bond donors (Lipinski definition) is 1. The smallest absolute Gasteiger partial charge is 0.119 e. The van der Waals surface area contributed by atoms with E-state index in [2.05, 4.69) is 43.3 Å². The van der Waals surface area contributed by atoms with Crippen molar-refractivity contribution in [3.63, 3.8) is 0 Å². The van der Waals surface area contributed by atoms with Gasteiger partial charge in [-0.1, -0.05) is 24.3 Å². The summed E-state index contributed by atoms with van der Waals surface area (Å²) in [6.07, 6.45) is 0. The van der Waals surface area contributed by atoms with Crippen LogP contribution in [0.3, 0.4) is 0 Å². The summed E-state index contributed by atoms with van der Waals surface area (Å²) in [6, 6.07) is 14.8. The average molecular weight is 285 g/mol. The molecule has 2 aromatic rings. The van der Waals surface area contributed by atoms with Gasteiger partial charge in [0, 0.05) is 22.6 Å². The van der Waals surface area contributed by atoms with E-state index in [0.717, 1.165) is 11.5 Å². The van der Waals surface area contributed by atoms with Crippen molar-refractivity contribution in [2.45, 2.75) is 23.8 Å². The van der Waals surface area contributed by atoms with Crippen LogP contribution in [0, 0.1) is 6.92 Å². The fourth-order valence-electron chi connectivity index (χ4n) is 2.85. The van der Waals surface area contributed by atoms with Crippen LogP contribution < -0.4 is 10.5 Å². The first-order valence-corrected chi connectivity index (χ1v) is 7.81. The largest absolute Gasteiger partial charge is 0.497 e. The molecule has 2 atom stereocenters. The third-order valence-corrected chi connectivity index (χ3v) is 5.22. The molecule has 0 saturated heterocycles. The van der Waals surface area contributed by atoms with Crippen LogP contribution in [-0.2, 0) is 0 Å². The molecule has 1 aliphatic heterocycles. The number of rotatable bonds is 3.